The average molecular weight is 169 g/mol. The zero-order valence-electron chi connectivity index (χ0n) is 6.53. The topological polar surface area (TPSA) is 55.6 Å². The van der Waals surface area contributed by atoms with Crippen LogP contribution >= 0.6 is 0 Å². The van der Waals surface area contributed by atoms with Gasteiger partial charge in [0.05, 0.1) is 13.1 Å². The van der Waals surface area contributed by atoms with Gasteiger partial charge < -0.3 is 0 Å². The van der Waals surface area contributed by atoms with Gasteiger partial charge in [-0.3, -0.25) is 5.32 Å². The van der Waals surface area contributed by atoms with Crippen LogP contribution in [0.3, 0.4) is 0 Å². The quantitative estimate of drug-likeness (QED) is 0.627. The van der Waals surface area contributed by atoms with Crippen LogP contribution in [0.25, 0.3) is 0 Å². The Labute approximate surface area is 68.3 Å². The fraction of sp³-hybridized carbons (Fsp3) is 0.500. The minimum absolute atomic E-state index is 0.174. The number of halogens is 1. The molecule has 0 aliphatic carbocycles. The van der Waals surface area contributed by atoms with Gasteiger partial charge in [0.15, 0.2) is 5.82 Å². The first-order valence-electron chi connectivity index (χ1n) is 3.59. The summed E-state index contributed by atoms with van der Waals surface area (Å²) in [5.74, 6) is 0.331. The number of nitrogens with one attached hydrogen (secondary N) is 1. The molecule has 0 aromatic carbocycles. The van der Waals surface area contributed by atoms with E-state index in [1.54, 1.807) is 7.05 Å². The Morgan fingerprint density at radius 2 is 2.58 bits per heavy atom. The molecule has 1 N–H and O–H groups in total. The first-order chi connectivity index (χ1) is 5.75. The molecule has 0 saturated carbocycles. The number of hydrogen-bond donors (Lipinski definition) is 1. The molecule has 2 heterocycles. The maximum absolute atomic E-state index is 12.6. The predicted octanol–water partition coefficient (Wildman–Crippen LogP) is -0.292. The predicted molar refractivity (Wildman–Crippen MR) is 38.7 cm³/mol. The standard InChI is InChI=1S/C6H8FN5/c1-12-10-6(9-11-12)5-2-4(7)3-8-5/h2,5,8H,3H2,1H3/t5-/m1/s1. The summed E-state index contributed by atoms with van der Waals surface area (Å²) in [7, 11) is 1.67. The summed E-state index contributed by atoms with van der Waals surface area (Å²) in [6.45, 7) is 0.253. The van der Waals surface area contributed by atoms with Crippen molar-refractivity contribution in [3.05, 3.63) is 17.7 Å². The molecule has 0 spiro atoms. The van der Waals surface area contributed by atoms with Crippen molar-refractivity contribution in [3.8, 4) is 0 Å². The van der Waals surface area contributed by atoms with E-state index in [1.807, 2.05) is 0 Å². The van der Waals surface area contributed by atoms with Crippen molar-refractivity contribution >= 4 is 0 Å². The minimum atomic E-state index is -0.223. The molecule has 0 saturated heterocycles. The lowest BCUT2D eigenvalue weighted by molar-refractivity contribution is 0.592. The smallest absolute Gasteiger partial charge is 0.195 e. The molecule has 1 aromatic heterocycles. The summed E-state index contributed by atoms with van der Waals surface area (Å²) in [5, 5.41) is 14.2. The van der Waals surface area contributed by atoms with E-state index in [9.17, 15) is 4.39 Å². The van der Waals surface area contributed by atoms with Gasteiger partial charge in [-0.05, 0) is 11.3 Å². The zero-order chi connectivity index (χ0) is 8.55. The fourth-order valence-corrected chi connectivity index (χ4v) is 1.10. The largest absolute Gasteiger partial charge is 0.297 e. The van der Waals surface area contributed by atoms with E-state index >= 15 is 0 Å². The second kappa shape index (κ2) is 2.63. The lowest BCUT2D eigenvalue weighted by Gasteiger charge is -1.99. The van der Waals surface area contributed by atoms with Crippen LogP contribution in [0, 0.1) is 0 Å². The van der Waals surface area contributed by atoms with Crippen LogP contribution in [0.5, 0.6) is 0 Å². The third-order valence-corrected chi connectivity index (χ3v) is 1.64. The number of tetrazole rings is 1. The average Bonchev–Trinajstić information content (AvgIpc) is 2.58. The number of hydrogen-bond acceptors (Lipinski definition) is 4. The Hall–Kier alpha value is -1.30. The fourth-order valence-electron chi connectivity index (χ4n) is 1.10. The summed E-state index contributed by atoms with van der Waals surface area (Å²) < 4.78 is 12.6. The number of rotatable bonds is 1. The van der Waals surface area contributed by atoms with E-state index in [-0.39, 0.29) is 18.4 Å². The van der Waals surface area contributed by atoms with Crippen LogP contribution in [-0.4, -0.2) is 26.8 Å². The van der Waals surface area contributed by atoms with Crippen molar-refractivity contribution in [1.82, 2.24) is 25.5 Å². The molecule has 5 nitrogen and oxygen atoms in total. The van der Waals surface area contributed by atoms with E-state index in [2.05, 4.69) is 20.7 Å². The van der Waals surface area contributed by atoms with Gasteiger partial charge in [0.25, 0.3) is 0 Å². The highest BCUT2D eigenvalue weighted by molar-refractivity contribution is 5.14. The molecule has 6 heteroatoms. The van der Waals surface area contributed by atoms with Crippen LogP contribution in [0.2, 0.25) is 0 Å². The van der Waals surface area contributed by atoms with Crippen LogP contribution in [0.15, 0.2) is 11.9 Å². The molecule has 1 atom stereocenters. The van der Waals surface area contributed by atoms with E-state index < -0.39 is 0 Å². The molecule has 1 aromatic rings. The molecule has 64 valence electrons. The monoisotopic (exact) mass is 169 g/mol. The van der Waals surface area contributed by atoms with Gasteiger partial charge in [0, 0.05) is 6.54 Å². The maximum Gasteiger partial charge on any atom is 0.195 e. The lowest BCUT2D eigenvalue weighted by Crippen LogP contribution is -2.15. The Balaban J connectivity index is 2.21. The highest BCUT2D eigenvalue weighted by Gasteiger charge is 2.20. The number of aryl methyl sites for hydroxylation is 1. The van der Waals surface area contributed by atoms with Crippen molar-refractivity contribution in [3.63, 3.8) is 0 Å². The van der Waals surface area contributed by atoms with Crippen molar-refractivity contribution in [2.75, 3.05) is 6.54 Å². The van der Waals surface area contributed by atoms with E-state index in [1.165, 1.54) is 10.9 Å². The van der Waals surface area contributed by atoms with Crippen LogP contribution in [0.1, 0.15) is 11.9 Å². The lowest BCUT2D eigenvalue weighted by atomic mass is 10.3. The minimum Gasteiger partial charge on any atom is -0.297 e. The van der Waals surface area contributed by atoms with Crippen molar-refractivity contribution in [1.29, 1.82) is 0 Å². The van der Waals surface area contributed by atoms with E-state index in [0.29, 0.717) is 5.82 Å². The highest BCUT2D eigenvalue weighted by Crippen LogP contribution is 2.17. The summed E-state index contributed by atoms with van der Waals surface area (Å²) >= 11 is 0. The molecule has 0 fully saturated rings. The highest BCUT2D eigenvalue weighted by atomic mass is 19.1. The van der Waals surface area contributed by atoms with Gasteiger partial charge >= 0.3 is 0 Å². The summed E-state index contributed by atoms with van der Waals surface area (Å²) in [6, 6.07) is -0.223. The van der Waals surface area contributed by atoms with Crippen LogP contribution < -0.4 is 5.32 Å². The van der Waals surface area contributed by atoms with Crippen LogP contribution in [0.4, 0.5) is 4.39 Å². The van der Waals surface area contributed by atoms with Crippen molar-refractivity contribution in [2.45, 2.75) is 6.04 Å². The molecule has 12 heavy (non-hydrogen) atoms. The molecular weight excluding hydrogens is 161 g/mol. The molecule has 0 radical (unpaired) electrons. The van der Waals surface area contributed by atoms with Gasteiger partial charge in [-0.25, -0.2) is 4.39 Å². The molecule has 0 bridgehead atoms. The summed E-state index contributed by atoms with van der Waals surface area (Å²) in [5.41, 5.74) is 0. The van der Waals surface area contributed by atoms with E-state index in [4.69, 9.17) is 0 Å². The third-order valence-electron chi connectivity index (χ3n) is 1.64. The molecule has 1 aliphatic heterocycles. The maximum atomic E-state index is 12.6. The molecule has 0 unspecified atom stereocenters. The van der Waals surface area contributed by atoms with Crippen LogP contribution in [-0.2, 0) is 7.05 Å². The molecule has 1 aliphatic rings. The molecule has 2 rings (SSSR count). The van der Waals surface area contributed by atoms with Gasteiger partial charge in [-0.2, -0.15) is 4.80 Å². The van der Waals surface area contributed by atoms with Gasteiger partial charge in [0.2, 0.25) is 0 Å². The molecule has 0 amide bonds. The number of aromatic nitrogens is 4. The van der Waals surface area contributed by atoms with Crippen molar-refractivity contribution < 1.29 is 4.39 Å². The Morgan fingerprint density at radius 1 is 1.75 bits per heavy atom. The Morgan fingerprint density at radius 3 is 3.08 bits per heavy atom. The number of nitrogens with zero attached hydrogens (tertiary/aromatic N) is 4. The van der Waals surface area contributed by atoms with Crippen molar-refractivity contribution in [2.24, 2.45) is 7.05 Å². The Bertz CT molecular complexity index is 317. The van der Waals surface area contributed by atoms with E-state index in [0.717, 1.165) is 0 Å². The van der Waals surface area contributed by atoms with Gasteiger partial charge in [-0.15, -0.1) is 10.2 Å². The van der Waals surface area contributed by atoms with Gasteiger partial charge in [-0.1, -0.05) is 0 Å². The first kappa shape index (κ1) is 7.35. The molecular formula is C6H8FN5. The SMILES string of the molecule is Cn1nnc([C@H]2C=C(F)CN2)n1. The summed E-state index contributed by atoms with van der Waals surface area (Å²) in [4.78, 5) is 1.35. The summed E-state index contributed by atoms with van der Waals surface area (Å²) in [6.07, 6.45) is 1.46. The van der Waals surface area contributed by atoms with Gasteiger partial charge in [0.1, 0.15) is 5.83 Å². The third kappa shape index (κ3) is 1.20. The second-order valence-corrected chi connectivity index (χ2v) is 2.61. The normalized spacial score (nSPS) is 22.8. The first-order valence-corrected chi connectivity index (χ1v) is 3.59. The second-order valence-electron chi connectivity index (χ2n) is 2.61. The Kier molecular flexibility index (Phi) is 1.61. The zero-order valence-corrected chi connectivity index (χ0v) is 6.53.